The Bertz CT molecular complexity index is 682. The van der Waals surface area contributed by atoms with E-state index in [0.29, 0.717) is 38.3 Å². The third-order valence-corrected chi connectivity index (χ3v) is 4.16. The van der Waals surface area contributed by atoms with Crippen molar-refractivity contribution in [1.82, 2.24) is 10.6 Å². The highest BCUT2D eigenvalue weighted by Crippen LogP contribution is 2.34. The highest BCUT2D eigenvalue weighted by molar-refractivity contribution is 5.76. The van der Waals surface area contributed by atoms with Crippen LogP contribution in [-0.2, 0) is 9.53 Å². The lowest BCUT2D eigenvalue weighted by molar-refractivity contribution is -0.122. The molecule has 2 amide bonds. The van der Waals surface area contributed by atoms with Gasteiger partial charge in [-0.15, -0.1) is 0 Å². The quantitative estimate of drug-likeness (QED) is 0.693. The van der Waals surface area contributed by atoms with Crippen molar-refractivity contribution in [2.24, 2.45) is 5.92 Å². The van der Waals surface area contributed by atoms with Gasteiger partial charge in [0.05, 0.1) is 6.04 Å². The third-order valence-electron chi connectivity index (χ3n) is 4.16. The van der Waals surface area contributed by atoms with Crippen molar-refractivity contribution in [2.75, 3.05) is 19.8 Å². The molecule has 156 valence electrons. The molecule has 2 rings (SSSR count). The monoisotopic (exact) mass is 392 g/mol. The van der Waals surface area contributed by atoms with Gasteiger partial charge in [0.25, 0.3) is 0 Å². The molecule has 7 nitrogen and oxygen atoms in total. The van der Waals surface area contributed by atoms with E-state index in [1.54, 1.807) is 0 Å². The van der Waals surface area contributed by atoms with Crippen LogP contribution in [-0.4, -0.2) is 37.4 Å². The summed E-state index contributed by atoms with van der Waals surface area (Å²) in [7, 11) is 0. The fourth-order valence-corrected chi connectivity index (χ4v) is 2.89. The van der Waals surface area contributed by atoms with Crippen molar-refractivity contribution < 1.29 is 23.8 Å². The fourth-order valence-electron chi connectivity index (χ4n) is 2.89. The first-order valence-electron chi connectivity index (χ1n) is 9.81. The molecule has 0 bridgehead atoms. The van der Waals surface area contributed by atoms with Crippen molar-refractivity contribution in [3.63, 3.8) is 0 Å². The minimum absolute atomic E-state index is 0.0559. The van der Waals surface area contributed by atoms with Gasteiger partial charge in [0.2, 0.25) is 5.91 Å². The Hall–Kier alpha value is -2.44. The second kappa shape index (κ2) is 9.66. The highest BCUT2D eigenvalue weighted by atomic mass is 16.6. The summed E-state index contributed by atoms with van der Waals surface area (Å²) in [5, 5.41) is 5.75. The average Bonchev–Trinajstić information content (AvgIpc) is 2.61. The molecule has 0 unspecified atom stereocenters. The van der Waals surface area contributed by atoms with E-state index >= 15 is 0 Å². The van der Waals surface area contributed by atoms with E-state index in [-0.39, 0.29) is 17.9 Å². The summed E-state index contributed by atoms with van der Waals surface area (Å²) in [6, 6.07) is 5.66. The number of carbonyl (C=O) groups excluding carboxylic acids is 2. The Morgan fingerprint density at radius 2 is 1.82 bits per heavy atom. The van der Waals surface area contributed by atoms with Gasteiger partial charge >= 0.3 is 6.09 Å². The van der Waals surface area contributed by atoms with E-state index in [1.165, 1.54) is 0 Å². The van der Waals surface area contributed by atoms with Gasteiger partial charge in [0.1, 0.15) is 18.8 Å². The van der Waals surface area contributed by atoms with Crippen LogP contribution in [0.4, 0.5) is 4.79 Å². The predicted octanol–water partition coefficient (Wildman–Crippen LogP) is 3.58. The minimum atomic E-state index is -0.532. The first kappa shape index (κ1) is 21.9. The van der Waals surface area contributed by atoms with Gasteiger partial charge in [-0.25, -0.2) is 4.79 Å². The van der Waals surface area contributed by atoms with Crippen LogP contribution in [0.1, 0.15) is 59.1 Å². The zero-order valence-electron chi connectivity index (χ0n) is 17.5. The molecule has 2 N–H and O–H groups in total. The van der Waals surface area contributed by atoms with E-state index in [1.807, 2.05) is 39.0 Å². The molecule has 1 atom stereocenters. The number of carbonyl (C=O) groups is 2. The molecule has 0 aromatic heterocycles. The van der Waals surface area contributed by atoms with Crippen LogP contribution < -0.4 is 20.1 Å². The predicted molar refractivity (Wildman–Crippen MR) is 107 cm³/mol. The number of benzene rings is 1. The van der Waals surface area contributed by atoms with Gasteiger partial charge in [0.15, 0.2) is 11.5 Å². The Labute approximate surface area is 167 Å². The molecule has 0 radical (unpaired) electrons. The zero-order chi connectivity index (χ0) is 20.7. The fraction of sp³-hybridized carbons (Fsp3) is 0.619. The topological polar surface area (TPSA) is 85.9 Å². The lowest BCUT2D eigenvalue weighted by atomic mass is 9.95. The number of hydrogen-bond donors (Lipinski definition) is 2. The summed E-state index contributed by atoms with van der Waals surface area (Å²) in [6.45, 7) is 11.0. The van der Waals surface area contributed by atoms with Crippen LogP contribution in [0.2, 0.25) is 0 Å². The smallest absolute Gasteiger partial charge is 0.407 e. The van der Waals surface area contributed by atoms with Crippen LogP contribution in [0, 0.1) is 5.92 Å². The Balaban J connectivity index is 1.84. The van der Waals surface area contributed by atoms with Gasteiger partial charge in [-0.2, -0.15) is 0 Å². The van der Waals surface area contributed by atoms with Gasteiger partial charge in [-0.05, 0) is 50.8 Å². The summed E-state index contributed by atoms with van der Waals surface area (Å²) in [5.74, 6) is 1.60. The molecule has 28 heavy (non-hydrogen) atoms. The Kier molecular flexibility index (Phi) is 7.54. The molecule has 0 fully saturated rings. The van der Waals surface area contributed by atoms with Gasteiger partial charge < -0.3 is 24.8 Å². The summed E-state index contributed by atoms with van der Waals surface area (Å²) >= 11 is 0. The summed E-state index contributed by atoms with van der Waals surface area (Å²) in [4.78, 5) is 24.0. The minimum Gasteiger partial charge on any atom is -0.486 e. The average molecular weight is 392 g/mol. The number of hydrogen-bond acceptors (Lipinski definition) is 5. The second-order valence-electron chi connectivity index (χ2n) is 8.22. The largest absolute Gasteiger partial charge is 0.486 e. The van der Waals surface area contributed by atoms with Crippen LogP contribution in [0.25, 0.3) is 0 Å². The first-order valence-corrected chi connectivity index (χ1v) is 9.81. The standard InChI is InChI=1S/C21H32N2O5/c1-14(2)19(15-8-9-16-17(13-15)27-12-11-26-16)23-18(24)7-6-10-22-20(25)28-21(3,4)5/h8-9,13-14,19H,6-7,10-12H2,1-5H3,(H,22,25)(H,23,24)/t19-/m1/s1. The molecule has 1 heterocycles. The molecule has 1 aromatic rings. The van der Waals surface area contributed by atoms with Crippen molar-refractivity contribution in [3.8, 4) is 11.5 Å². The van der Waals surface area contributed by atoms with Crippen molar-refractivity contribution >= 4 is 12.0 Å². The lowest BCUT2D eigenvalue weighted by Gasteiger charge is -2.25. The number of rotatable bonds is 7. The molecular weight excluding hydrogens is 360 g/mol. The second-order valence-corrected chi connectivity index (χ2v) is 8.22. The van der Waals surface area contributed by atoms with Gasteiger partial charge in [-0.1, -0.05) is 19.9 Å². The molecule has 1 aromatic carbocycles. The van der Waals surface area contributed by atoms with Crippen LogP contribution in [0.15, 0.2) is 18.2 Å². The van der Waals surface area contributed by atoms with E-state index in [4.69, 9.17) is 14.2 Å². The lowest BCUT2D eigenvalue weighted by Crippen LogP contribution is -2.34. The number of alkyl carbamates (subject to hydrolysis) is 1. The maximum atomic E-state index is 12.4. The molecule has 0 saturated carbocycles. The SMILES string of the molecule is CC(C)[C@@H](NC(=O)CCCNC(=O)OC(C)(C)C)c1ccc2c(c1)OCCO2. The molecule has 7 heteroatoms. The Morgan fingerprint density at radius 3 is 2.46 bits per heavy atom. The Morgan fingerprint density at radius 1 is 1.14 bits per heavy atom. The van der Waals surface area contributed by atoms with Crippen LogP contribution >= 0.6 is 0 Å². The van der Waals surface area contributed by atoms with Gasteiger partial charge in [-0.3, -0.25) is 4.79 Å². The summed E-state index contributed by atoms with van der Waals surface area (Å²) in [5.41, 5.74) is 0.453. The molecule has 1 aliphatic heterocycles. The van der Waals surface area contributed by atoms with E-state index < -0.39 is 11.7 Å². The third kappa shape index (κ3) is 6.94. The molecule has 0 spiro atoms. The number of nitrogens with one attached hydrogen (secondary N) is 2. The molecule has 0 saturated heterocycles. The maximum Gasteiger partial charge on any atom is 0.407 e. The molecular formula is C21H32N2O5. The molecule has 1 aliphatic rings. The zero-order valence-corrected chi connectivity index (χ0v) is 17.5. The van der Waals surface area contributed by atoms with Crippen molar-refractivity contribution in [3.05, 3.63) is 23.8 Å². The van der Waals surface area contributed by atoms with Crippen LogP contribution in [0.5, 0.6) is 11.5 Å². The summed E-state index contributed by atoms with van der Waals surface area (Å²) < 4.78 is 16.4. The first-order chi connectivity index (χ1) is 13.2. The summed E-state index contributed by atoms with van der Waals surface area (Å²) in [6.07, 6.45) is 0.393. The van der Waals surface area contributed by atoms with E-state index in [0.717, 1.165) is 11.3 Å². The highest BCUT2D eigenvalue weighted by Gasteiger charge is 2.21. The van der Waals surface area contributed by atoms with E-state index in [2.05, 4.69) is 24.5 Å². The normalized spacial score (nSPS) is 14.4. The molecule has 0 aliphatic carbocycles. The number of amides is 2. The van der Waals surface area contributed by atoms with Crippen molar-refractivity contribution in [2.45, 2.75) is 59.1 Å². The van der Waals surface area contributed by atoms with Gasteiger partial charge in [0, 0.05) is 13.0 Å². The number of ether oxygens (including phenoxy) is 3. The van der Waals surface area contributed by atoms with E-state index in [9.17, 15) is 9.59 Å². The maximum absolute atomic E-state index is 12.4. The number of fused-ring (bicyclic) bond motifs is 1. The van der Waals surface area contributed by atoms with Crippen molar-refractivity contribution in [1.29, 1.82) is 0 Å². The van der Waals surface area contributed by atoms with Crippen LogP contribution in [0.3, 0.4) is 0 Å².